The molecule has 0 bridgehead atoms. The molecule has 0 saturated heterocycles. The van der Waals surface area contributed by atoms with E-state index in [0.717, 1.165) is 0 Å². The van der Waals surface area contributed by atoms with Crippen LogP contribution >= 0.6 is 0 Å². The molecule has 0 aliphatic carbocycles. The number of hydrogen-bond acceptors (Lipinski definition) is 4. The summed E-state index contributed by atoms with van der Waals surface area (Å²) in [5.74, 6) is -0.806. The number of benzene rings is 1. The van der Waals surface area contributed by atoms with Gasteiger partial charge in [-0.3, -0.25) is 10.1 Å². The molecule has 0 aliphatic heterocycles. The van der Waals surface area contributed by atoms with Gasteiger partial charge in [0.05, 0.1) is 11.5 Å². The fraction of sp³-hybridized carbons (Fsp3) is 0.455. The van der Waals surface area contributed by atoms with Crippen LogP contribution in [0.5, 0.6) is 0 Å². The average molecular weight is 242 g/mol. The van der Waals surface area contributed by atoms with Crippen molar-refractivity contribution < 1.29 is 14.1 Å². The Bertz CT molecular complexity index is 385. The standard InChI is InChI=1S/C11H15FN2O3/c1-2-17-6-5-13-8-9-3-4-11(14(15)16)10(12)7-9/h3-4,7,13H,2,5-6,8H2,1H3. The zero-order valence-electron chi connectivity index (χ0n) is 9.61. The van der Waals surface area contributed by atoms with Crippen LogP contribution in [0.2, 0.25) is 0 Å². The minimum absolute atomic E-state index is 0.460. The number of rotatable bonds is 7. The second kappa shape index (κ2) is 6.93. The fourth-order valence-electron chi connectivity index (χ4n) is 1.33. The summed E-state index contributed by atoms with van der Waals surface area (Å²) >= 11 is 0. The van der Waals surface area contributed by atoms with E-state index in [2.05, 4.69) is 5.32 Å². The fourth-order valence-corrected chi connectivity index (χ4v) is 1.33. The topological polar surface area (TPSA) is 64.4 Å². The second-order valence-electron chi connectivity index (χ2n) is 3.42. The van der Waals surface area contributed by atoms with Gasteiger partial charge in [-0.15, -0.1) is 0 Å². The average Bonchev–Trinajstić information content (AvgIpc) is 2.28. The summed E-state index contributed by atoms with van der Waals surface area (Å²) in [5.41, 5.74) is 0.174. The highest BCUT2D eigenvalue weighted by Crippen LogP contribution is 2.17. The normalized spacial score (nSPS) is 10.5. The molecule has 0 amide bonds. The Kier molecular flexibility index (Phi) is 5.51. The highest BCUT2D eigenvalue weighted by atomic mass is 19.1. The molecule has 1 N–H and O–H groups in total. The first-order chi connectivity index (χ1) is 8.15. The van der Waals surface area contributed by atoms with Crippen LogP contribution in [0.3, 0.4) is 0 Å². The molecule has 1 rings (SSSR count). The lowest BCUT2D eigenvalue weighted by Crippen LogP contribution is -2.19. The molecule has 94 valence electrons. The van der Waals surface area contributed by atoms with Gasteiger partial charge in [-0.1, -0.05) is 6.07 Å². The maximum absolute atomic E-state index is 13.2. The molecule has 0 heterocycles. The molecule has 0 aliphatic rings. The van der Waals surface area contributed by atoms with Gasteiger partial charge >= 0.3 is 5.69 Å². The van der Waals surface area contributed by atoms with E-state index < -0.39 is 16.4 Å². The Labute approximate surface area is 98.7 Å². The molecule has 0 spiro atoms. The van der Waals surface area contributed by atoms with E-state index in [1.54, 1.807) is 0 Å². The van der Waals surface area contributed by atoms with Crippen LogP contribution in [0.1, 0.15) is 12.5 Å². The third-order valence-corrected chi connectivity index (χ3v) is 2.17. The Balaban J connectivity index is 2.45. The lowest BCUT2D eigenvalue weighted by Gasteiger charge is -2.05. The summed E-state index contributed by atoms with van der Waals surface area (Å²) in [4.78, 5) is 9.66. The largest absolute Gasteiger partial charge is 0.380 e. The van der Waals surface area contributed by atoms with Crippen LogP contribution in [0, 0.1) is 15.9 Å². The summed E-state index contributed by atoms with van der Waals surface area (Å²) in [7, 11) is 0. The molecule has 0 fully saturated rings. The van der Waals surface area contributed by atoms with Crippen molar-refractivity contribution in [3.05, 3.63) is 39.7 Å². The van der Waals surface area contributed by atoms with Gasteiger partial charge < -0.3 is 10.1 Å². The predicted octanol–water partition coefficient (Wildman–Crippen LogP) is 1.86. The quantitative estimate of drug-likeness (QED) is 0.450. The van der Waals surface area contributed by atoms with E-state index in [-0.39, 0.29) is 0 Å². The lowest BCUT2D eigenvalue weighted by molar-refractivity contribution is -0.387. The minimum atomic E-state index is -0.806. The predicted molar refractivity (Wildman–Crippen MR) is 61.3 cm³/mol. The third kappa shape index (κ3) is 4.46. The highest BCUT2D eigenvalue weighted by Gasteiger charge is 2.13. The van der Waals surface area contributed by atoms with Gasteiger partial charge in [0.1, 0.15) is 0 Å². The van der Waals surface area contributed by atoms with Crippen LogP contribution in [0.25, 0.3) is 0 Å². The summed E-state index contributed by atoms with van der Waals surface area (Å²) in [6.45, 7) is 4.28. The number of hydrogen-bond donors (Lipinski definition) is 1. The third-order valence-electron chi connectivity index (χ3n) is 2.17. The van der Waals surface area contributed by atoms with Crippen LogP contribution in [0.15, 0.2) is 18.2 Å². The number of nitro groups is 1. The van der Waals surface area contributed by atoms with E-state index in [0.29, 0.717) is 31.9 Å². The van der Waals surface area contributed by atoms with Gasteiger partial charge in [0, 0.05) is 25.8 Å². The molecule has 0 aromatic heterocycles. The molecular formula is C11H15FN2O3. The first-order valence-electron chi connectivity index (χ1n) is 5.36. The SMILES string of the molecule is CCOCCNCc1ccc([N+](=O)[O-])c(F)c1. The monoisotopic (exact) mass is 242 g/mol. The maximum atomic E-state index is 13.2. The van der Waals surface area contributed by atoms with Crippen molar-refractivity contribution in [1.82, 2.24) is 5.32 Å². The Hall–Kier alpha value is -1.53. The zero-order valence-corrected chi connectivity index (χ0v) is 9.61. The maximum Gasteiger partial charge on any atom is 0.304 e. The van der Waals surface area contributed by atoms with Crippen LogP contribution in [0.4, 0.5) is 10.1 Å². The lowest BCUT2D eigenvalue weighted by atomic mass is 10.2. The molecule has 17 heavy (non-hydrogen) atoms. The zero-order chi connectivity index (χ0) is 12.7. The molecule has 1 aromatic rings. The molecule has 0 atom stereocenters. The van der Waals surface area contributed by atoms with Crippen molar-refractivity contribution in [2.45, 2.75) is 13.5 Å². The number of nitrogens with zero attached hydrogens (tertiary/aromatic N) is 1. The molecule has 0 saturated carbocycles. The van der Waals surface area contributed by atoms with Gasteiger partial charge in [-0.2, -0.15) is 4.39 Å². The van der Waals surface area contributed by atoms with E-state index >= 15 is 0 Å². The molecule has 0 radical (unpaired) electrons. The Morgan fingerprint density at radius 3 is 2.88 bits per heavy atom. The smallest absolute Gasteiger partial charge is 0.304 e. The first kappa shape index (κ1) is 13.5. The van der Waals surface area contributed by atoms with Crippen molar-refractivity contribution in [1.29, 1.82) is 0 Å². The van der Waals surface area contributed by atoms with Gasteiger partial charge in [0.15, 0.2) is 0 Å². The van der Waals surface area contributed by atoms with Gasteiger partial charge in [0.25, 0.3) is 0 Å². The molecular weight excluding hydrogens is 227 g/mol. The second-order valence-corrected chi connectivity index (χ2v) is 3.42. The van der Waals surface area contributed by atoms with Crippen molar-refractivity contribution in [3.63, 3.8) is 0 Å². The molecule has 6 heteroatoms. The summed E-state index contributed by atoms with van der Waals surface area (Å²) in [6.07, 6.45) is 0. The van der Waals surface area contributed by atoms with Crippen LogP contribution < -0.4 is 5.32 Å². The summed E-state index contributed by atoms with van der Waals surface area (Å²) in [5, 5.41) is 13.4. The van der Waals surface area contributed by atoms with E-state index in [1.807, 2.05) is 6.92 Å². The molecule has 5 nitrogen and oxygen atoms in total. The highest BCUT2D eigenvalue weighted by molar-refractivity contribution is 5.34. The Morgan fingerprint density at radius 1 is 1.53 bits per heavy atom. The number of ether oxygens (including phenoxy) is 1. The van der Waals surface area contributed by atoms with E-state index in [1.165, 1.54) is 18.2 Å². The molecule has 1 aromatic carbocycles. The summed E-state index contributed by atoms with van der Waals surface area (Å²) < 4.78 is 18.4. The van der Waals surface area contributed by atoms with Crippen molar-refractivity contribution in [2.24, 2.45) is 0 Å². The van der Waals surface area contributed by atoms with Gasteiger partial charge in [0.2, 0.25) is 5.82 Å². The summed E-state index contributed by atoms with van der Waals surface area (Å²) in [6, 6.07) is 3.88. The number of nitrogens with one attached hydrogen (secondary N) is 1. The number of nitro benzene ring substituents is 1. The van der Waals surface area contributed by atoms with Crippen LogP contribution in [-0.2, 0) is 11.3 Å². The van der Waals surface area contributed by atoms with Crippen molar-refractivity contribution in [2.75, 3.05) is 19.8 Å². The minimum Gasteiger partial charge on any atom is -0.380 e. The number of halogens is 1. The Morgan fingerprint density at radius 2 is 2.29 bits per heavy atom. The first-order valence-corrected chi connectivity index (χ1v) is 5.36. The van der Waals surface area contributed by atoms with E-state index in [4.69, 9.17) is 4.74 Å². The van der Waals surface area contributed by atoms with Gasteiger partial charge in [-0.05, 0) is 18.6 Å². The van der Waals surface area contributed by atoms with Crippen molar-refractivity contribution in [3.8, 4) is 0 Å². The van der Waals surface area contributed by atoms with Crippen LogP contribution in [-0.4, -0.2) is 24.7 Å². The molecule has 0 unspecified atom stereocenters. The van der Waals surface area contributed by atoms with E-state index in [9.17, 15) is 14.5 Å². The van der Waals surface area contributed by atoms with Crippen molar-refractivity contribution >= 4 is 5.69 Å². The van der Waals surface area contributed by atoms with Gasteiger partial charge in [-0.25, -0.2) is 0 Å².